The van der Waals surface area contributed by atoms with Gasteiger partial charge in [-0.15, -0.1) is 0 Å². The van der Waals surface area contributed by atoms with Crippen LogP contribution >= 0.6 is 0 Å². The molecule has 0 radical (unpaired) electrons. The number of rotatable bonds is 12. The summed E-state index contributed by atoms with van der Waals surface area (Å²) in [6, 6.07) is 0. The first-order valence-corrected chi connectivity index (χ1v) is 8.93. The fourth-order valence-corrected chi connectivity index (χ4v) is 1.93. The zero-order valence-electron chi connectivity index (χ0n) is 17.1. The molecule has 21 heteroatoms. The Labute approximate surface area is 188 Å². The van der Waals surface area contributed by atoms with Gasteiger partial charge in [0.05, 0.1) is 6.61 Å². The number of ether oxygens (including phenoxy) is 3. The molecular weight excluding hydrogens is 567 g/mol. The molecule has 0 aromatic carbocycles. The van der Waals surface area contributed by atoms with Crippen LogP contribution in [-0.4, -0.2) is 61.0 Å². The van der Waals surface area contributed by atoms with Crippen molar-refractivity contribution in [2.24, 2.45) is 0 Å². The maximum Gasteiger partial charge on any atom is 0.462 e. The van der Waals surface area contributed by atoms with Gasteiger partial charge >= 0.3 is 54.3 Å². The normalized spacial score (nSPS) is 17.9. The fourth-order valence-electron chi connectivity index (χ4n) is 1.93. The third-order valence-electron chi connectivity index (χ3n) is 3.86. The number of carbonyl (C=O) groups is 1. The van der Waals surface area contributed by atoms with Crippen molar-refractivity contribution in [3.05, 3.63) is 0 Å². The van der Waals surface area contributed by atoms with Gasteiger partial charge in [-0.2, -0.15) is 74.6 Å². The molecule has 4 nitrogen and oxygen atoms in total. The van der Waals surface area contributed by atoms with Crippen LogP contribution < -0.4 is 0 Å². The molecule has 0 saturated carbocycles. The van der Waals surface area contributed by atoms with Crippen molar-refractivity contribution < 1.29 is 93.6 Å². The summed E-state index contributed by atoms with van der Waals surface area (Å²) in [5.74, 6) is -26.3. The van der Waals surface area contributed by atoms with Gasteiger partial charge in [-0.1, -0.05) is 26.2 Å². The number of unbranched alkanes of at least 4 members (excludes halogenated alkanes) is 3. The van der Waals surface area contributed by atoms with E-state index in [1.807, 2.05) is 4.74 Å². The zero-order valence-corrected chi connectivity index (χ0v) is 17.1. The first-order chi connectivity index (χ1) is 15.6. The van der Waals surface area contributed by atoms with Crippen molar-refractivity contribution in [1.82, 2.24) is 0 Å². The average molecular weight is 580 g/mol. The summed E-state index contributed by atoms with van der Waals surface area (Å²) in [7, 11) is 0. The van der Waals surface area contributed by atoms with Gasteiger partial charge in [0.15, 0.2) is 0 Å². The third kappa shape index (κ3) is 6.74. The van der Waals surface area contributed by atoms with Gasteiger partial charge in [-0.25, -0.2) is 4.79 Å². The lowest BCUT2D eigenvalue weighted by Gasteiger charge is -2.39. The second kappa shape index (κ2) is 10.5. The molecule has 36 heavy (non-hydrogen) atoms. The van der Waals surface area contributed by atoms with Crippen molar-refractivity contribution in [1.29, 1.82) is 0 Å². The minimum Gasteiger partial charge on any atom is -0.461 e. The van der Waals surface area contributed by atoms with E-state index in [2.05, 4.69) is 4.74 Å². The van der Waals surface area contributed by atoms with Gasteiger partial charge in [0.1, 0.15) is 0 Å². The van der Waals surface area contributed by atoms with Gasteiger partial charge < -0.3 is 4.74 Å². The van der Waals surface area contributed by atoms with E-state index < -0.39 is 61.0 Å². The number of hydrogen-bond donors (Lipinski definition) is 0. The number of hydrogen-bond acceptors (Lipinski definition) is 4. The highest BCUT2D eigenvalue weighted by Crippen LogP contribution is 2.56. The number of esters is 1. The SMILES string of the molecule is CCCCCCOC(=O)[C@@](F)(OC(F)(F)[C@@](F)(OC(F)(F)C(F)(F)C(F)(F)F)C(F)(F)F)C(F)(F)F. The molecule has 0 aliphatic heterocycles. The molecule has 0 unspecified atom stereocenters. The molecule has 0 saturated heterocycles. The minimum absolute atomic E-state index is 0.0596. The lowest BCUT2D eigenvalue weighted by atomic mass is 10.2. The summed E-state index contributed by atoms with van der Waals surface area (Å²) >= 11 is 0. The van der Waals surface area contributed by atoms with Crippen LogP contribution in [-0.2, 0) is 19.0 Å². The predicted octanol–water partition coefficient (Wildman–Crippen LogP) is 6.98. The quantitative estimate of drug-likeness (QED) is 0.142. The molecule has 0 spiro atoms. The summed E-state index contributed by atoms with van der Waals surface area (Å²) in [6.45, 7) is 0.375. The molecule has 0 fully saturated rings. The summed E-state index contributed by atoms with van der Waals surface area (Å²) in [4.78, 5) is 11.3. The van der Waals surface area contributed by atoms with Crippen LogP contribution in [0.4, 0.5) is 74.6 Å². The number of carbonyl (C=O) groups excluding carboxylic acids is 1. The van der Waals surface area contributed by atoms with Gasteiger partial charge in [-0.05, 0) is 6.42 Å². The van der Waals surface area contributed by atoms with Crippen molar-refractivity contribution >= 4 is 5.97 Å². The monoisotopic (exact) mass is 580 g/mol. The van der Waals surface area contributed by atoms with Crippen LogP contribution in [0.3, 0.4) is 0 Å². The second-order valence-electron chi connectivity index (χ2n) is 6.69. The molecule has 0 aliphatic rings. The molecule has 0 N–H and O–H groups in total. The van der Waals surface area contributed by atoms with Crippen LogP contribution in [0, 0.1) is 0 Å². The summed E-state index contributed by atoms with van der Waals surface area (Å²) in [6.07, 6.45) is -38.0. The van der Waals surface area contributed by atoms with Crippen molar-refractivity contribution in [2.45, 2.75) is 81.0 Å². The van der Waals surface area contributed by atoms with Crippen molar-refractivity contribution in [3.8, 4) is 0 Å². The molecule has 0 aromatic heterocycles. The Morgan fingerprint density at radius 1 is 0.583 bits per heavy atom. The van der Waals surface area contributed by atoms with Crippen LogP contribution in [0.15, 0.2) is 0 Å². The third-order valence-corrected chi connectivity index (χ3v) is 3.86. The Morgan fingerprint density at radius 3 is 1.42 bits per heavy atom. The molecule has 0 amide bonds. The Kier molecular flexibility index (Phi) is 9.99. The Balaban J connectivity index is 6.44. The molecule has 0 heterocycles. The van der Waals surface area contributed by atoms with Crippen LogP contribution in [0.2, 0.25) is 0 Å². The lowest BCUT2D eigenvalue weighted by molar-refractivity contribution is -0.548. The first kappa shape index (κ1) is 34.2. The average Bonchev–Trinajstić information content (AvgIpc) is 2.63. The lowest BCUT2D eigenvalue weighted by Crippen LogP contribution is -2.68. The van der Waals surface area contributed by atoms with E-state index in [-0.39, 0.29) is 12.8 Å². The van der Waals surface area contributed by atoms with Gasteiger partial charge in [0.2, 0.25) is 0 Å². The first-order valence-electron chi connectivity index (χ1n) is 8.93. The Bertz CT molecular complexity index is 744. The highest BCUT2D eigenvalue weighted by atomic mass is 19.4. The molecule has 0 rings (SSSR count). The standard InChI is InChI=1S/C15H13F17O4/c1-2-3-4-5-6-34-7(33)8(16,11(20,21)22)35-15(31,32)10(19,13(26,27)28)36-14(29,30)9(17,18)12(23,24)25/h2-6H2,1H3/t8-,10+/m1/s1. The number of alkyl halides is 17. The summed E-state index contributed by atoms with van der Waals surface area (Å²) in [5, 5.41) is 0. The van der Waals surface area contributed by atoms with Gasteiger partial charge in [0, 0.05) is 0 Å². The molecule has 216 valence electrons. The molecule has 0 aromatic rings. The molecule has 2 atom stereocenters. The van der Waals surface area contributed by atoms with E-state index in [1.54, 1.807) is 6.92 Å². The van der Waals surface area contributed by atoms with Crippen LogP contribution in [0.5, 0.6) is 0 Å². The highest BCUT2D eigenvalue weighted by molar-refractivity contribution is 5.78. The van der Waals surface area contributed by atoms with Gasteiger partial charge in [0.25, 0.3) is 0 Å². The fraction of sp³-hybridized carbons (Fsp3) is 0.933. The Morgan fingerprint density at radius 2 is 1.06 bits per heavy atom. The summed E-state index contributed by atoms with van der Waals surface area (Å²) in [5.41, 5.74) is 0. The van der Waals surface area contributed by atoms with E-state index in [0.29, 0.717) is 12.8 Å². The second-order valence-corrected chi connectivity index (χ2v) is 6.69. The zero-order chi connectivity index (χ0) is 29.2. The molecule has 0 aliphatic carbocycles. The molecular formula is C15H13F17O4. The van der Waals surface area contributed by atoms with Crippen molar-refractivity contribution in [2.75, 3.05) is 6.61 Å². The van der Waals surface area contributed by atoms with E-state index >= 15 is 0 Å². The number of halogens is 17. The highest BCUT2D eigenvalue weighted by Gasteiger charge is 2.85. The largest absolute Gasteiger partial charge is 0.462 e. The van der Waals surface area contributed by atoms with Crippen molar-refractivity contribution in [3.63, 3.8) is 0 Å². The van der Waals surface area contributed by atoms with E-state index in [0.717, 1.165) is 0 Å². The summed E-state index contributed by atoms with van der Waals surface area (Å²) < 4.78 is 227. The maximum absolute atomic E-state index is 14.1. The van der Waals surface area contributed by atoms with E-state index in [4.69, 9.17) is 0 Å². The van der Waals surface area contributed by atoms with Gasteiger partial charge in [-0.3, -0.25) is 9.47 Å². The van der Waals surface area contributed by atoms with Crippen LogP contribution in [0.25, 0.3) is 0 Å². The maximum atomic E-state index is 14.1. The van der Waals surface area contributed by atoms with Crippen LogP contribution in [0.1, 0.15) is 32.6 Å². The Hall–Kier alpha value is -1.80. The molecule has 0 bridgehead atoms. The topological polar surface area (TPSA) is 44.8 Å². The van der Waals surface area contributed by atoms with E-state index in [1.165, 1.54) is 4.74 Å². The smallest absolute Gasteiger partial charge is 0.461 e. The predicted molar refractivity (Wildman–Crippen MR) is 78.0 cm³/mol. The van der Waals surface area contributed by atoms with E-state index in [9.17, 15) is 79.4 Å². The minimum atomic E-state index is -8.04.